The van der Waals surface area contributed by atoms with Crippen LogP contribution in [0.25, 0.3) is 11.1 Å². The summed E-state index contributed by atoms with van der Waals surface area (Å²) in [5.74, 6) is -0.356. The topological polar surface area (TPSA) is 77.3 Å². The van der Waals surface area contributed by atoms with Crippen LogP contribution in [-0.2, 0) is 0 Å². The normalized spacial score (nSPS) is 11.4. The first-order chi connectivity index (χ1) is 13.6. The summed E-state index contributed by atoms with van der Waals surface area (Å²) >= 11 is 5.88. The number of nitrogens with zero attached hydrogens (tertiary/aromatic N) is 2. The minimum Gasteiger partial charge on any atom is -0.468 e. The van der Waals surface area contributed by atoms with Crippen LogP contribution in [0.4, 0.5) is 18.9 Å². The highest BCUT2D eigenvalue weighted by Crippen LogP contribution is 2.32. The van der Waals surface area contributed by atoms with Crippen LogP contribution in [0.1, 0.15) is 21.8 Å². The van der Waals surface area contributed by atoms with Gasteiger partial charge < -0.3 is 14.6 Å². The maximum atomic E-state index is 12.6. The molecular formula is C19H15ClF3N3O3. The molecule has 0 aliphatic carbocycles. The molecule has 0 saturated carbocycles. The number of hydrogen-bond donors (Lipinski definition) is 1. The van der Waals surface area contributed by atoms with Crippen LogP contribution in [0, 0.1) is 13.8 Å². The zero-order valence-electron chi connectivity index (χ0n) is 15.3. The number of alkyl halides is 3. The summed E-state index contributed by atoms with van der Waals surface area (Å²) in [4.78, 5) is 16.5. The summed E-state index contributed by atoms with van der Waals surface area (Å²) in [6.45, 7) is 1.72. The number of halogens is 4. The summed E-state index contributed by atoms with van der Waals surface area (Å²) in [6.07, 6.45) is -3.31. The molecule has 6 nitrogen and oxygen atoms in total. The fourth-order valence-electron chi connectivity index (χ4n) is 2.62. The van der Waals surface area contributed by atoms with Crippen molar-refractivity contribution in [3.8, 4) is 17.0 Å². The molecule has 0 unspecified atom stereocenters. The molecule has 0 radical (unpaired) electrons. The lowest BCUT2D eigenvalue weighted by Gasteiger charge is -2.14. The molecule has 2 aromatic heterocycles. The largest absolute Gasteiger partial charge is 0.468 e. The minimum atomic E-state index is -4.52. The third-order valence-electron chi connectivity index (χ3n) is 3.90. The van der Waals surface area contributed by atoms with Gasteiger partial charge in [0.2, 0.25) is 5.88 Å². The van der Waals surface area contributed by atoms with Crippen LogP contribution in [0.2, 0.25) is 5.02 Å². The van der Waals surface area contributed by atoms with E-state index < -0.39 is 18.7 Å². The van der Waals surface area contributed by atoms with E-state index in [0.29, 0.717) is 22.0 Å². The highest BCUT2D eigenvalue weighted by atomic mass is 35.5. The van der Waals surface area contributed by atoms with Crippen molar-refractivity contribution in [2.24, 2.45) is 0 Å². The number of benzene rings is 1. The standard InChI is InChI=1S/C19H15ClF3N3O3/c1-10-16(11(2)29-26-10)17(27)25-14-7-15(12-3-5-13(20)6-4-12)18(24-8-14)28-9-19(21,22)23/h3-8H,9H2,1-2H3,(H,25,27). The van der Waals surface area contributed by atoms with Gasteiger partial charge in [0.25, 0.3) is 5.91 Å². The van der Waals surface area contributed by atoms with Gasteiger partial charge in [-0.05, 0) is 37.6 Å². The van der Waals surface area contributed by atoms with E-state index >= 15 is 0 Å². The van der Waals surface area contributed by atoms with E-state index in [0.717, 1.165) is 0 Å². The van der Waals surface area contributed by atoms with Crippen molar-refractivity contribution in [3.63, 3.8) is 0 Å². The molecule has 10 heteroatoms. The molecule has 0 aliphatic rings. The molecule has 1 N–H and O–H groups in total. The molecule has 0 fully saturated rings. The Morgan fingerprint density at radius 2 is 1.93 bits per heavy atom. The summed E-state index contributed by atoms with van der Waals surface area (Å²) < 4.78 is 47.5. The van der Waals surface area contributed by atoms with Crippen molar-refractivity contribution in [2.75, 3.05) is 11.9 Å². The van der Waals surface area contributed by atoms with Crippen LogP contribution in [0.15, 0.2) is 41.1 Å². The first-order valence-corrected chi connectivity index (χ1v) is 8.71. The van der Waals surface area contributed by atoms with E-state index in [1.54, 1.807) is 38.1 Å². The van der Waals surface area contributed by atoms with E-state index in [1.807, 2.05) is 0 Å². The molecule has 1 aromatic carbocycles. The van der Waals surface area contributed by atoms with E-state index in [-0.39, 0.29) is 22.7 Å². The van der Waals surface area contributed by atoms with Crippen molar-refractivity contribution < 1.29 is 27.2 Å². The van der Waals surface area contributed by atoms with E-state index in [1.165, 1.54) is 12.3 Å². The minimum absolute atomic E-state index is 0.222. The highest BCUT2D eigenvalue weighted by molar-refractivity contribution is 6.30. The number of pyridine rings is 1. The number of hydrogen-bond acceptors (Lipinski definition) is 5. The molecule has 2 heterocycles. The van der Waals surface area contributed by atoms with Gasteiger partial charge >= 0.3 is 6.18 Å². The number of nitrogens with one attached hydrogen (secondary N) is 1. The number of aryl methyl sites for hydroxylation is 2. The Labute approximate surface area is 168 Å². The molecule has 1 amide bonds. The lowest BCUT2D eigenvalue weighted by molar-refractivity contribution is -0.154. The molecule has 29 heavy (non-hydrogen) atoms. The number of aromatic nitrogens is 2. The third-order valence-corrected chi connectivity index (χ3v) is 4.15. The van der Waals surface area contributed by atoms with Gasteiger partial charge in [-0.25, -0.2) is 4.98 Å². The van der Waals surface area contributed by atoms with Gasteiger partial charge in [0.15, 0.2) is 6.61 Å². The molecular weight excluding hydrogens is 411 g/mol. The predicted octanol–water partition coefficient (Wildman–Crippen LogP) is 5.20. The fraction of sp³-hybridized carbons (Fsp3) is 0.211. The lowest BCUT2D eigenvalue weighted by Crippen LogP contribution is -2.20. The molecule has 152 valence electrons. The highest BCUT2D eigenvalue weighted by Gasteiger charge is 2.29. The first kappa shape index (κ1) is 20.7. The van der Waals surface area contributed by atoms with Crippen LogP contribution < -0.4 is 10.1 Å². The molecule has 0 bridgehead atoms. The van der Waals surface area contributed by atoms with Gasteiger partial charge in [-0.2, -0.15) is 13.2 Å². The van der Waals surface area contributed by atoms with Crippen LogP contribution in [0.3, 0.4) is 0 Å². The Bertz CT molecular complexity index is 1010. The summed E-state index contributed by atoms with van der Waals surface area (Å²) in [7, 11) is 0. The molecule has 0 aliphatic heterocycles. The molecule has 0 saturated heterocycles. The van der Waals surface area contributed by atoms with E-state index in [2.05, 4.69) is 15.5 Å². The quantitative estimate of drug-likeness (QED) is 0.608. The Balaban J connectivity index is 1.94. The number of anilines is 1. The Morgan fingerprint density at radius 3 is 2.52 bits per heavy atom. The second-order valence-electron chi connectivity index (χ2n) is 6.14. The van der Waals surface area contributed by atoms with Crippen LogP contribution in [0.5, 0.6) is 5.88 Å². The predicted molar refractivity (Wildman–Crippen MR) is 100 cm³/mol. The second-order valence-corrected chi connectivity index (χ2v) is 6.58. The van der Waals surface area contributed by atoms with Crippen molar-refractivity contribution in [2.45, 2.75) is 20.0 Å². The van der Waals surface area contributed by atoms with E-state index in [9.17, 15) is 18.0 Å². The monoisotopic (exact) mass is 425 g/mol. The first-order valence-electron chi connectivity index (χ1n) is 8.34. The Hall–Kier alpha value is -3.07. The number of carbonyl (C=O) groups is 1. The smallest absolute Gasteiger partial charge is 0.422 e. The summed E-state index contributed by atoms with van der Waals surface area (Å²) in [6, 6.07) is 7.86. The molecule has 3 aromatic rings. The zero-order chi connectivity index (χ0) is 21.2. The van der Waals surface area contributed by atoms with Gasteiger partial charge in [-0.15, -0.1) is 0 Å². The van der Waals surface area contributed by atoms with Crippen LogP contribution >= 0.6 is 11.6 Å². The summed E-state index contributed by atoms with van der Waals surface area (Å²) in [5.41, 5.74) is 1.74. The number of rotatable bonds is 5. The zero-order valence-corrected chi connectivity index (χ0v) is 16.1. The molecule has 0 spiro atoms. The van der Waals surface area contributed by atoms with Gasteiger partial charge in [0.05, 0.1) is 17.6 Å². The average molecular weight is 426 g/mol. The maximum Gasteiger partial charge on any atom is 0.422 e. The fourth-order valence-corrected chi connectivity index (χ4v) is 2.75. The average Bonchev–Trinajstić information content (AvgIpc) is 2.99. The number of carbonyl (C=O) groups excluding carboxylic acids is 1. The van der Waals surface area contributed by atoms with E-state index in [4.69, 9.17) is 20.9 Å². The Morgan fingerprint density at radius 1 is 1.24 bits per heavy atom. The second kappa shape index (κ2) is 8.12. The van der Waals surface area contributed by atoms with Crippen LogP contribution in [-0.4, -0.2) is 28.8 Å². The summed E-state index contributed by atoms with van der Waals surface area (Å²) in [5, 5.41) is 6.83. The van der Waals surface area contributed by atoms with Gasteiger partial charge in [-0.1, -0.05) is 28.9 Å². The number of ether oxygens (including phenoxy) is 1. The molecule has 0 atom stereocenters. The van der Waals surface area contributed by atoms with Crippen molar-refractivity contribution in [3.05, 3.63) is 58.6 Å². The molecule has 3 rings (SSSR count). The van der Waals surface area contributed by atoms with Gasteiger partial charge in [0.1, 0.15) is 11.3 Å². The third kappa shape index (κ3) is 5.05. The maximum absolute atomic E-state index is 12.6. The van der Waals surface area contributed by atoms with Gasteiger partial charge in [-0.3, -0.25) is 4.79 Å². The lowest BCUT2D eigenvalue weighted by atomic mass is 10.1. The number of amides is 1. The van der Waals surface area contributed by atoms with Crippen molar-refractivity contribution >= 4 is 23.2 Å². The van der Waals surface area contributed by atoms with Crippen molar-refractivity contribution in [1.29, 1.82) is 0 Å². The SMILES string of the molecule is Cc1noc(C)c1C(=O)Nc1cnc(OCC(F)(F)F)c(-c2ccc(Cl)cc2)c1. The van der Waals surface area contributed by atoms with Gasteiger partial charge in [0, 0.05) is 10.6 Å². The van der Waals surface area contributed by atoms with Crippen molar-refractivity contribution in [1.82, 2.24) is 10.1 Å². The Kier molecular flexibility index (Phi) is 5.78.